The van der Waals surface area contributed by atoms with Crippen LogP contribution >= 0.6 is 0 Å². The van der Waals surface area contributed by atoms with Gasteiger partial charge in [0, 0.05) is 24.6 Å². The summed E-state index contributed by atoms with van der Waals surface area (Å²) in [5.74, 6) is -4.42. The summed E-state index contributed by atoms with van der Waals surface area (Å²) in [6.07, 6.45) is -4.16. The minimum absolute atomic E-state index is 0.0328. The van der Waals surface area contributed by atoms with Crippen molar-refractivity contribution in [3.8, 4) is 11.5 Å². The molecule has 0 radical (unpaired) electrons. The molecule has 0 spiro atoms. The molecule has 0 N–H and O–H groups in total. The molecule has 1 unspecified atom stereocenters. The third-order valence-corrected chi connectivity index (χ3v) is 5.63. The minimum Gasteiger partial charge on any atom is -0.326 e. The number of benzene rings is 1. The Hall–Kier alpha value is -2.36. The predicted molar refractivity (Wildman–Crippen MR) is 95.6 cm³/mol. The zero-order valence-electron chi connectivity index (χ0n) is 15.1. The van der Waals surface area contributed by atoms with E-state index in [2.05, 4.69) is 9.97 Å². The molecule has 0 saturated carbocycles. The van der Waals surface area contributed by atoms with Crippen LogP contribution in [-0.4, -0.2) is 30.7 Å². The van der Waals surface area contributed by atoms with Gasteiger partial charge >= 0.3 is 12.1 Å². The van der Waals surface area contributed by atoms with Gasteiger partial charge < -0.3 is 4.57 Å². The highest BCUT2D eigenvalue weighted by Gasteiger charge is 2.58. The molecule has 150 valence electrons. The van der Waals surface area contributed by atoms with Crippen LogP contribution < -0.4 is 0 Å². The van der Waals surface area contributed by atoms with E-state index in [-0.39, 0.29) is 11.3 Å². The van der Waals surface area contributed by atoms with Crippen LogP contribution in [0, 0.1) is 6.92 Å². The molecule has 3 rings (SSSR count). The van der Waals surface area contributed by atoms with Crippen LogP contribution in [0.4, 0.5) is 22.0 Å². The number of halogens is 5. The lowest BCUT2D eigenvalue weighted by Crippen LogP contribution is -2.33. The molecule has 2 heterocycles. The first-order chi connectivity index (χ1) is 13.0. The first-order valence-electron chi connectivity index (χ1n) is 8.24. The van der Waals surface area contributed by atoms with Crippen molar-refractivity contribution in [3.63, 3.8) is 0 Å². The molecule has 10 heteroatoms. The standard InChI is InChI=1S/C18H16F5N3OS/c1-4-28(27)14-7-10(2)9-24-15(14)16-25-12-8-11(5-6-13(12)26(16)3)17(19,20)18(21,22)23/h5-9H,4H2,1-3H3. The van der Waals surface area contributed by atoms with Crippen molar-refractivity contribution in [1.29, 1.82) is 0 Å². The van der Waals surface area contributed by atoms with Crippen LogP contribution in [0.2, 0.25) is 0 Å². The number of rotatable bonds is 4. The normalized spacial score (nSPS) is 13.9. The molecule has 0 aliphatic heterocycles. The largest absolute Gasteiger partial charge is 0.458 e. The van der Waals surface area contributed by atoms with Crippen LogP contribution in [0.5, 0.6) is 0 Å². The maximum atomic E-state index is 13.7. The van der Waals surface area contributed by atoms with Gasteiger partial charge in [-0.25, -0.2) is 4.98 Å². The van der Waals surface area contributed by atoms with Crippen molar-refractivity contribution in [2.24, 2.45) is 7.05 Å². The van der Waals surface area contributed by atoms with Gasteiger partial charge in [0.1, 0.15) is 5.69 Å². The fourth-order valence-corrected chi connectivity index (χ4v) is 3.80. The fraction of sp³-hybridized carbons (Fsp3) is 0.333. The smallest absolute Gasteiger partial charge is 0.326 e. The molecular weight excluding hydrogens is 401 g/mol. The van der Waals surface area contributed by atoms with E-state index in [0.29, 0.717) is 21.9 Å². The Kier molecular flexibility index (Phi) is 5.03. The molecule has 1 aromatic carbocycles. The third-order valence-electron chi connectivity index (χ3n) is 4.31. The van der Waals surface area contributed by atoms with E-state index in [1.165, 1.54) is 4.57 Å². The summed E-state index contributed by atoms with van der Waals surface area (Å²) in [7, 11) is 0.232. The minimum atomic E-state index is -5.71. The highest BCUT2D eigenvalue weighted by atomic mass is 32.2. The fourth-order valence-electron chi connectivity index (χ4n) is 2.81. The highest BCUT2D eigenvalue weighted by Crippen LogP contribution is 2.44. The number of hydrogen-bond acceptors (Lipinski definition) is 3. The first-order valence-corrected chi connectivity index (χ1v) is 9.56. The van der Waals surface area contributed by atoms with Crippen LogP contribution in [0.1, 0.15) is 18.1 Å². The molecule has 3 aromatic rings. The molecule has 4 nitrogen and oxygen atoms in total. The lowest BCUT2D eigenvalue weighted by molar-refractivity contribution is -0.289. The lowest BCUT2D eigenvalue weighted by Gasteiger charge is -2.19. The highest BCUT2D eigenvalue weighted by molar-refractivity contribution is 7.85. The Morgan fingerprint density at radius 3 is 2.43 bits per heavy atom. The Labute approximate surface area is 159 Å². The van der Waals surface area contributed by atoms with Crippen molar-refractivity contribution in [1.82, 2.24) is 14.5 Å². The summed E-state index contributed by atoms with van der Waals surface area (Å²) in [6, 6.07) is 4.31. The monoisotopic (exact) mass is 417 g/mol. The average molecular weight is 417 g/mol. The Morgan fingerprint density at radius 2 is 1.82 bits per heavy atom. The number of aryl methyl sites for hydroxylation is 2. The summed E-state index contributed by atoms with van der Waals surface area (Å²) in [5, 5.41) is 0. The van der Waals surface area contributed by atoms with Gasteiger partial charge in [0.15, 0.2) is 5.82 Å². The zero-order valence-corrected chi connectivity index (χ0v) is 16.0. The van der Waals surface area contributed by atoms with E-state index in [4.69, 9.17) is 0 Å². The summed E-state index contributed by atoms with van der Waals surface area (Å²) in [4.78, 5) is 8.92. The van der Waals surface area contributed by atoms with Crippen molar-refractivity contribution in [3.05, 3.63) is 41.6 Å². The van der Waals surface area contributed by atoms with Gasteiger partial charge in [-0.1, -0.05) is 13.0 Å². The third kappa shape index (κ3) is 3.30. The summed E-state index contributed by atoms with van der Waals surface area (Å²) >= 11 is 0. The Morgan fingerprint density at radius 1 is 1.14 bits per heavy atom. The van der Waals surface area contributed by atoms with Gasteiger partial charge in [0.05, 0.1) is 26.7 Å². The topological polar surface area (TPSA) is 47.8 Å². The van der Waals surface area contributed by atoms with Crippen molar-refractivity contribution < 1.29 is 26.2 Å². The van der Waals surface area contributed by atoms with Gasteiger partial charge in [0.25, 0.3) is 0 Å². The quantitative estimate of drug-likeness (QED) is 0.577. The van der Waals surface area contributed by atoms with Crippen molar-refractivity contribution in [2.75, 3.05) is 5.75 Å². The van der Waals surface area contributed by atoms with Crippen molar-refractivity contribution >= 4 is 21.8 Å². The molecule has 0 amide bonds. The number of fused-ring (bicyclic) bond motifs is 1. The maximum absolute atomic E-state index is 13.7. The average Bonchev–Trinajstić information content (AvgIpc) is 2.96. The van der Waals surface area contributed by atoms with Gasteiger partial charge in [-0.3, -0.25) is 9.19 Å². The molecule has 1 atom stereocenters. The SMILES string of the molecule is CCS(=O)c1cc(C)cnc1-c1nc2cc(C(F)(F)C(F)(F)F)ccc2n1C. The maximum Gasteiger partial charge on any atom is 0.458 e. The number of imidazole rings is 1. The van der Waals surface area contributed by atoms with Crippen LogP contribution in [0.3, 0.4) is 0 Å². The van der Waals surface area contributed by atoms with E-state index in [9.17, 15) is 26.2 Å². The summed E-state index contributed by atoms with van der Waals surface area (Å²) in [6.45, 7) is 3.52. The van der Waals surface area contributed by atoms with Crippen molar-refractivity contribution in [2.45, 2.75) is 30.8 Å². The van der Waals surface area contributed by atoms with Gasteiger partial charge in [-0.2, -0.15) is 22.0 Å². The number of alkyl halides is 5. The molecule has 2 aromatic heterocycles. The molecule has 0 aliphatic carbocycles. The predicted octanol–water partition coefficient (Wildman–Crippen LogP) is 4.73. The van der Waals surface area contributed by atoms with Crippen LogP contribution in [0.15, 0.2) is 35.4 Å². The summed E-state index contributed by atoms with van der Waals surface area (Å²) in [5.41, 5.74) is 0.216. The van der Waals surface area contributed by atoms with E-state index in [0.717, 1.165) is 23.8 Å². The Bertz CT molecular complexity index is 1080. The second kappa shape index (κ2) is 6.91. The molecule has 0 fully saturated rings. The van der Waals surface area contributed by atoms with E-state index < -0.39 is 28.5 Å². The van der Waals surface area contributed by atoms with E-state index >= 15 is 0 Å². The lowest BCUT2D eigenvalue weighted by atomic mass is 10.1. The van der Waals surface area contributed by atoms with E-state index in [1.807, 2.05) is 0 Å². The first kappa shape index (κ1) is 20.4. The van der Waals surface area contributed by atoms with E-state index in [1.54, 1.807) is 33.2 Å². The number of hydrogen-bond donors (Lipinski definition) is 0. The second-order valence-corrected chi connectivity index (χ2v) is 7.97. The Balaban J connectivity index is 2.21. The van der Waals surface area contributed by atoms with Gasteiger partial charge in [0.2, 0.25) is 0 Å². The number of aromatic nitrogens is 3. The molecule has 0 aliphatic rings. The molecular formula is C18H16F5N3OS. The van der Waals surface area contributed by atoms with Gasteiger partial charge in [-0.15, -0.1) is 0 Å². The molecule has 0 bridgehead atoms. The zero-order chi connectivity index (χ0) is 20.9. The van der Waals surface area contributed by atoms with Crippen LogP contribution in [-0.2, 0) is 23.8 Å². The van der Waals surface area contributed by atoms with Crippen LogP contribution in [0.25, 0.3) is 22.6 Å². The molecule has 28 heavy (non-hydrogen) atoms. The van der Waals surface area contributed by atoms with Gasteiger partial charge in [-0.05, 0) is 30.7 Å². The summed E-state index contributed by atoms with van der Waals surface area (Å²) < 4.78 is 79.3. The second-order valence-electron chi connectivity index (χ2n) is 6.26. The number of nitrogens with zero attached hydrogens (tertiary/aromatic N) is 3. The number of pyridine rings is 1. The molecule has 0 saturated heterocycles.